The second-order valence-corrected chi connectivity index (χ2v) is 8.15. The number of carbonyl (C=O) groups is 4. The van der Waals surface area contributed by atoms with Gasteiger partial charge in [0.05, 0.1) is 46.5 Å². The van der Waals surface area contributed by atoms with Crippen molar-refractivity contribution < 1.29 is 50.3 Å². The summed E-state index contributed by atoms with van der Waals surface area (Å²) in [5, 5.41) is -0.681. The first-order valence-corrected chi connectivity index (χ1v) is 10.7. The smallest absolute Gasteiger partial charge is 0.416 e. The highest BCUT2D eigenvalue weighted by atomic mass is 35.5. The Balaban J connectivity index is 0.000000375. The highest BCUT2D eigenvalue weighted by molar-refractivity contribution is 6.37. The molecule has 0 spiro atoms. The highest BCUT2D eigenvalue weighted by Crippen LogP contribution is 2.33. The molecule has 2 rings (SSSR count). The lowest BCUT2D eigenvalue weighted by atomic mass is 10.0. The SMILES string of the molecule is CC(=O)CC(=O)c1ccc(C(F)(F)F)cc1Cl.COC=C(C(C)=O)C(=O)c1ccc(C(F)(F)F)cc1Cl. The lowest BCUT2D eigenvalue weighted by molar-refractivity contribution is -0.138. The van der Waals surface area contributed by atoms with E-state index in [1.54, 1.807) is 0 Å². The van der Waals surface area contributed by atoms with Crippen LogP contribution in [-0.2, 0) is 26.7 Å². The van der Waals surface area contributed by atoms with E-state index in [0.717, 1.165) is 37.5 Å². The molecular weight excluding hydrogens is 553 g/mol. The summed E-state index contributed by atoms with van der Waals surface area (Å²) >= 11 is 11.3. The third-order valence-corrected chi connectivity index (χ3v) is 5.03. The van der Waals surface area contributed by atoms with Gasteiger partial charge >= 0.3 is 12.4 Å². The Bertz CT molecular complexity index is 1230. The first kappa shape index (κ1) is 31.8. The molecule has 0 N–H and O–H groups in total. The molecule has 0 saturated carbocycles. The van der Waals surface area contributed by atoms with Crippen LogP contribution >= 0.6 is 23.2 Å². The molecule has 0 aliphatic rings. The van der Waals surface area contributed by atoms with Gasteiger partial charge in [-0.1, -0.05) is 23.2 Å². The van der Waals surface area contributed by atoms with Gasteiger partial charge in [0, 0.05) is 11.1 Å². The summed E-state index contributed by atoms with van der Waals surface area (Å²) in [5.41, 5.74) is -2.47. The predicted octanol–water partition coefficient (Wildman–Crippen LogP) is 7.18. The van der Waals surface area contributed by atoms with Crippen molar-refractivity contribution in [2.75, 3.05) is 7.11 Å². The van der Waals surface area contributed by atoms with Gasteiger partial charge in [-0.2, -0.15) is 26.3 Å². The Morgan fingerprint density at radius 1 is 0.811 bits per heavy atom. The van der Waals surface area contributed by atoms with Gasteiger partial charge < -0.3 is 4.74 Å². The first-order valence-electron chi connectivity index (χ1n) is 9.94. The quantitative estimate of drug-likeness (QED) is 0.0879. The van der Waals surface area contributed by atoms with Crippen molar-refractivity contribution in [1.82, 2.24) is 0 Å². The number of Topliss-reactive ketones (excluding diaryl/α,β-unsaturated/α-hetero) is 4. The monoisotopic (exact) mass is 570 g/mol. The number of benzene rings is 2. The van der Waals surface area contributed by atoms with Crippen molar-refractivity contribution in [2.24, 2.45) is 0 Å². The highest BCUT2D eigenvalue weighted by Gasteiger charge is 2.32. The molecular formula is C24H18Cl2F6O5. The van der Waals surface area contributed by atoms with Crippen LogP contribution in [0.5, 0.6) is 0 Å². The minimum Gasteiger partial charge on any atom is -0.503 e. The summed E-state index contributed by atoms with van der Waals surface area (Å²) in [7, 11) is 1.24. The Hall–Kier alpha value is -3.18. The van der Waals surface area contributed by atoms with Gasteiger partial charge in [0.1, 0.15) is 5.78 Å². The molecule has 0 fully saturated rings. The summed E-state index contributed by atoms with van der Waals surface area (Å²) in [4.78, 5) is 45.5. The van der Waals surface area contributed by atoms with E-state index in [2.05, 4.69) is 4.74 Å². The van der Waals surface area contributed by atoms with E-state index in [9.17, 15) is 45.5 Å². The number of rotatable bonds is 7. The Kier molecular flexibility index (Phi) is 11.1. The average Bonchev–Trinajstić information content (AvgIpc) is 2.75. The molecule has 0 radical (unpaired) electrons. The first-order chi connectivity index (χ1) is 16.9. The molecule has 0 aliphatic carbocycles. The van der Waals surface area contributed by atoms with Crippen LogP contribution in [0, 0.1) is 0 Å². The van der Waals surface area contributed by atoms with Gasteiger partial charge in [-0.25, -0.2) is 0 Å². The van der Waals surface area contributed by atoms with E-state index in [4.69, 9.17) is 23.2 Å². The molecule has 2 aromatic rings. The summed E-state index contributed by atoms with van der Waals surface area (Å²) in [6.07, 6.45) is -8.51. The van der Waals surface area contributed by atoms with Crippen LogP contribution in [0.3, 0.4) is 0 Å². The fourth-order valence-corrected chi connectivity index (χ4v) is 3.23. The van der Waals surface area contributed by atoms with Crippen molar-refractivity contribution in [3.63, 3.8) is 0 Å². The standard InChI is InChI=1S/C13H10ClF3O3.C11H8ClF3O2/c1-7(18)10(6-20-2)12(19)9-4-3-8(5-11(9)14)13(15,16)17;1-6(16)4-10(17)8-3-2-7(5-9(8)12)11(13,14)15/h3-6H,1-2H3;2-3,5H,4H2,1H3. The fourth-order valence-electron chi connectivity index (χ4n) is 2.67. The van der Waals surface area contributed by atoms with Crippen LogP contribution in [0.25, 0.3) is 0 Å². The van der Waals surface area contributed by atoms with Crippen LogP contribution in [-0.4, -0.2) is 30.2 Å². The zero-order valence-corrected chi connectivity index (χ0v) is 20.8. The van der Waals surface area contributed by atoms with Gasteiger partial charge in [-0.3, -0.25) is 19.2 Å². The number of allylic oxidation sites excluding steroid dienone is 1. The minimum atomic E-state index is -4.56. The zero-order valence-electron chi connectivity index (χ0n) is 19.3. The molecule has 200 valence electrons. The number of ether oxygens (including phenoxy) is 1. The van der Waals surface area contributed by atoms with Gasteiger partial charge in [0.15, 0.2) is 11.6 Å². The molecule has 0 aromatic heterocycles. The van der Waals surface area contributed by atoms with Crippen LogP contribution in [0.15, 0.2) is 48.2 Å². The normalized spacial score (nSPS) is 11.8. The van der Waals surface area contributed by atoms with E-state index >= 15 is 0 Å². The van der Waals surface area contributed by atoms with Gasteiger partial charge in [-0.15, -0.1) is 0 Å². The number of hydrogen-bond donors (Lipinski definition) is 0. The maximum Gasteiger partial charge on any atom is 0.416 e. The molecule has 5 nitrogen and oxygen atoms in total. The van der Waals surface area contributed by atoms with Gasteiger partial charge in [0.2, 0.25) is 5.78 Å². The lowest BCUT2D eigenvalue weighted by Crippen LogP contribution is -2.13. The average molecular weight is 571 g/mol. The number of halogens is 8. The summed E-state index contributed by atoms with van der Waals surface area (Å²) in [6.45, 7) is 2.36. The number of hydrogen-bond acceptors (Lipinski definition) is 5. The number of methoxy groups -OCH3 is 1. The molecule has 0 saturated heterocycles. The van der Waals surface area contributed by atoms with Crippen molar-refractivity contribution in [2.45, 2.75) is 32.6 Å². The third-order valence-electron chi connectivity index (χ3n) is 4.41. The van der Waals surface area contributed by atoms with Gasteiger partial charge in [0.25, 0.3) is 0 Å². The number of ketones is 4. The van der Waals surface area contributed by atoms with Crippen molar-refractivity contribution in [3.05, 3.63) is 80.5 Å². The van der Waals surface area contributed by atoms with E-state index in [-0.39, 0.29) is 38.9 Å². The van der Waals surface area contributed by atoms with Crippen LogP contribution in [0.2, 0.25) is 10.0 Å². The largest absolute Gasteiger partial charge is 0.503 e. The summed E-state index contributed by atoms with van der Waals surface area (Å²) in [6, 6.07) is 4.72. The maximum atomic E-state index is 12.5. The minimum absolute atomic E-state index is 0.0742. The third kappa shape index (κ3) is 9.32. The zero-order chi connectivity index (χ0) is 28.7. The topological polar surface area (TPSA) is 77.5 Å². The molecule has 0 amide bonds. The van der Waals surface area contributed by atoms with E-state index < -0.39 is 40.8 Å². The van der Waals surface area contributed by atoms with E-state index in [1.807, 2.05) is 0 Å². The molecule has 0 atom stereocenters. The van der Waals surface area contributed by atoms with Crippen LogP contribution in [0.4, 0.5) is 26.3 Å². The van der Waals surface area contributed by atoms with Crippen molar-refractivity contribution in [3.8, 4) is 0 Å². The van der Waals surface area contributed by atoms with Crippen molar-refractivity contribution in [1.29, 1.82) is 0 Å². The molecule has 0 bridgehead atoms. The van der Waals surface area contributed by atoms with Crippen LogP contribution < -0.4 is 0 Å². The Labute approximate surface area is 217 Å². The van der Waals surface area contributed by atoms with Crippen molar-refractivity contribution >= 4 is 46.3 Å². The second kappa shape index (κ2) is 12.9. The molecule has 37 heavy (non-hydrogen) atoms. The Morgan fingerprint density at radius 2 is 1.24 bits per heavy atom. The Morgan fingerprint density at radius 3 is 1.57 bits per heavy atom. The second-order valence-electron chi connectivity index (χ2n) is 7.34. The molecule has 0 unspecified atom stereocenters. The van der Waals surface area contributed by atoms with Gasteiger partial charge in [-0.05, 0) is 50.2 Å². The molecule has 0 aliphatic heterocycles. The summed E-state index contributed by atoms with van der Waals surface area (Å²) < 4.78 is 79.0. The lowest BCUT2D eigenvalue weighted by Gasteiger charge is -2.10. The van der Waals surface area contributed by atoms with E-state index in [1.165, 1.54) is 14.0 Å². The predicted molar refractivity (Wildman–Crippen MR) is 123 cm³/mol. The molecule has 13 heteroatoms. The maximum absolute atomic E-state index is 12.5. The molecule has 2 aromatic carbocycles. The number of alkyl halides is 6. The van der Waals surface area contributed by atoms with E-state index in [0.29, 0.717) is 12.1 Å². The number of carbonyl (C=O) groups excluding carboxylic acids is 4. The van der Waals surface area contributed by atoms with Crippen LogP contribution in [0.1, 0.15) is 52.1 Å². The summed E-state index contributed by atoms with van der Waals surface area (Å²) in [5.74, 6) is -2.33. The fraction of sp³-hybridized carbons (Fsp3) is 0.250. The molecule has 0 heterocycles.